The summed E-state index contributed by atoms with van der Waals surface area (Å²) in [6.45, 7) is 3.64. The first-order valence-electron chi connectivity index (χ1n) is 11.5. The van der Waals surface area contributed by atoms with Gasteiger partial charge in [0, 0.05) is 17.2 Å². The lowest BCUT2D eigenvalue weighted by molar-refractivity contribution is -0.139. The number of ether oxygens (including phenoxy) is 5. The van der Waals surface area contributed by atoms with E-state index < -0.39 is 12.0 Å². The Labute approximate surface area is 217 Å². The number of fused-ring (bicyclic) bond motifs is 1. The van der Waals surface area contributed by atoms with Gasteiger partial charge in [-0.25, -0.2) is 9.79 Å². The van der Waals surface area contributed by atoms with Crippen molar-refractivity contribution in [2.75, 3.05) is 35.0 Å². The largest absolute Gasteiger partial charge is 0.497 e. The number of thiazole rings is 1. The van der Waals surface area contributed by atoms with Gasteiger partial charge in [0.2, 0.25) is 0 Å². The summed E-state index contributed by atoms with van der Waals surface area (Å²) in [6, 6.07) is 9.76. The molecule has 0 saturated carbocycles. The van der Waals surface area contributed by atoms with Crippen LogP contribution in [0.2, 0.25) is 0 Å². The van der Waals surface area contributed by atoms with Crippen molar-refractivity contribution >= 4 is 23.4 Å². The Balaban J connectivity index is 2.01. The monoisotopic (exact) mass is 524 g/mol. The van der Waals surface area contributed by atoms with Crippen LogP contribution in [0.15, 0.2) is 57.5 Å². The first kappa shape index (κ1) is 26.0. The number of hydrogen-bond donors (Lipinski definition) is 0. The summed E-state index contributed by atoms with van der Waals surface area (Å²) in [7, 11) is 6.21. The molecular weight excluding hydrogens is 496 g/mol. The minimum atomic E-state index is -0.833. The van der Waals surface area contributed by atoms with Crippen molar-refractivity contribution in [3.63, 3.8) is 0 Å². The van der Waals surface area contributed by atoms with Gasteiger partial charge in [0.15, 0.2) is 4.80 Å². The maximum atomic E-state index is 13.9. The molecule has 0 unspecified atom stereocenters. The summed E-state index contributed by atoms with van der Waals surface area (Å²) >= 11 is 1.22. The van der Waals surface area contributed by atoms with E-state index in [2.05, 4.69) is 4.99 Å². The summed E-state index contributed by atoms with van der Waals surface area (Å²) in [5.74, 6) is 1.69. The predicted octanol–water partition coefficient (Wildman–Crippen LogP) is 2.83. The standard InChI is InChI=1S/C27H28N2O7S/c1-7-36-26(31)23-15(2)28-27-29(24(23)19-13-17(32-3)10-11-20(19)34-5)25(30)22(37-27)12-16-8-9-18(33-4)14-21(16)35-6/h8-14,24H,7H2,1-6H3/b22-12-/t24-/m0/s1. The molecule has 1 aliphatic rings. The highest BCUT2D eigenvalue weighted by Crippen LogP contribution is 2.37. The lowest BCUT2D eigenvalue weighted by Crippen LogP contribution is -2.40. The van der Waals surface area contributed by atoms with Gasteiger partial charge in [-0.05, 0) is 50.3 Å². The highest BCUT2D eigenvalue weighted by Gasteiger charge is 2.35. The fraction of sp³-hybridized carbons (Fsp3) is 0.296. The Morgan fingerprint density at radius 1 is 1.00 bits per heavy atom. The van der Waals surface area contributed by atoms with Gasteiger partial charge >= 0.3 is 5.97 Å². The van der Waals surface area contributed by atoms with Crippen LogP contribution in [0.5, 0.6) is 23.0 Å². The fourth-order valence-electron chi connectivity index (χ4n) is 4.22. The molecule has 2 heterocycles. The smallest absolute Gasteiger partial charge is 0.338 e. The summed E-state index contributed by atoms with van der Waals surface area (Å²) in [5, 5.41) is 0. The Hall–Kier alpha value is -4.05. The van der Waals surface area contributed by atoms with Gasteiger partial charge in [-0.15, -0.1) is 0 Å². The Morgan fingerprint density at radius 3 is 2.32 bits per heavy atom. The van der Waals surface area contributed by atoms with E-state index >= 15 is 0 Å². The second kappa shape index (κ2) is 10.9. The SMILES string of the molecule is CCOC(=O)C1=C(C)N=c2s/c(=C\c3ccc(OC)cc3OC)c(=O)n2[C@H]1c1cc(OC)ccc1OC. The molecule has 0 bridgehead atoms. The molecule has 3 aromatic rings. The zero-order chi connectivity index (χ0) is 26.7. The van der Waals surface area contributed by atoms with Crippen molar-refractivity contribution in [2.45, 2.75) is 19.9 Å². The van der Waals surface area contributed by atoms with Crippen molar-refractivity contribution in [2.24, 2.45) is 4.99 Å². The first-order chi connectivity index (χ1) is 17.9. The van der Waals surface area contributed by atoms with Crippen molar-refractivity contribution in [3.05, 3.63) is 78.5 Å². The van der Waals surface area contributed by atoms with E-state index in [0.717, 1.165) is 0 Å². The van der Waals surface area contributed by atoms with Crippen LogP contribution >= 0.6 is 11.3 Å². The number of rotatable bonds is 8. The Morgan fingerprint density at radius 2 is 1.68 bits per heavy atom. The number of allylic oxidation sites excluding steroid dienone is 1. The number of aromatic nitrogens is 1. The second-order valence-electron chi connectivity index (χ2n) is 8.02. The number of methoxy groups -OCH3 is 4. The molecule has 194 valence electrons. The molecule has 1 aliphatic heterocycles. The van der Waals surface area contributed by atoms with Gasteiger partial charge in [0.1, 0.15) is 29.0 Å². The third-order valence-electron chi connectivity index (χ3n) is 5.98. The van der Waals surface area contributed by atoms with Gasteiger partial charge < -0.3 is 23.7 Å². The number of carbonyl (C=O) groups is 1. The first-order valence-corrected chi connectivity index (χ1v) is 12.3. The molecule has 2 aromatic carbocycles. The van der Waals surface area contributed by atoms with Gasteiger partial charge in [0.25, 0.3) is 5.56 Å². The summed E-state index contributed by atoms with van der Waals surface area (Å²) < 4.78 is 29.1. The molecule has 9 nitrogen and oxygen atoms in total. The third-order valence-corrected chi connectivity index (χ3v) is 6.96. The third kappa shape index (κ3) is 4.84. The Bertz CT molecular complexity index is 1550. The number of benzene rings is 2. The maximum Gasteiger partial charge on any atom is 0.338 e. The summed E-state index contributed by atoms with van der Waals surface area (Å²) in [4.78, 5) is 32.1. The Kier molecular flexibility index (Phi) is 7.68. The molecule has 10 heteroatoms. The van der Waals surface area contributed by atoms with Crippen LogP contribution in [0.4, 0.5) is 0 Å². The molecule has 0 amide bonds. The van der Waals surface area contributed by atoms with Gasteiger partial charge in [0.05, 0.1) is 50.8 Å². The maximum absolute atomic E-state index is 13.9. The number of nitrogens with zero attached hydrogens (tertiary/aromatic N) is 2. The number of hydrogen-bond acceptors (Lipinski definition) is 9. The summed E-state index contributed by atoms with van der Waals surface area (Å²) in [6.07, 6.45) is 1.74. The second-order valence-corrected chi connectivity index (χ2v) is 9.03. The predicted molar refractivity (Wildman–Crippen MR) is 139 cm³/mol. The lowest BCUT2D eigenvalue weighted by atomic mass is 9.94. The van der Waals surface area contributed by atoms with Crippen molar-refractivity contribution in [3.8, 4) is 23.0 Å². The zero-order valence-corrected chi connectivity index (χ0v) is 22.3. The van der Waals surface area contributed by atoms with Crippen LogP contribution in [0.1, 0.15) is 31.0 Å². The molecule has 0 spiro atoms. The van der Waals surface area contributed by atoms with Gasteiger partial charge in [-0.3, -0.25) is 9.36 Å². The average molecular weight is 525 g/mol. The topological polar surface area (TPSA) is 97.6 Å². The van der Waals surface area contributed by atoms with Crippen LogP contribution in [0.25, 0.3) is 6.08 Å². The highest BCUT2D eigenvalue weighted by atomic mass is 32.1. The van der Waals surface area contributed by atoms with Crippen molar-refractivity contribution in [1.29, 1.82) is 0 Å². The average Bonchev–Trinajstić information content (AvgIpc) is 3.21. The van der Waals surface area contributed by atoms with Gasteiger partial charge in [-0.2, -0.15) is 0 Å². The molecule has 0 N–H and O–H groups in total. The highest BCUT2D eigenvalue weighted by molar-refractivity contribution is 7.07. The summed E-state index contributed by atoms with van der Waals surface area (Å²) in [5.41, 5.74) is 1.68. The minimum Gasteiger partial charge on any atom is -0.497 e. The van der Waals surface area contributed by atoms with E-state index in [1.54, 1.807) is 71.6 Å². The molecule has 4 rings (SSSR count). The van der Waals surface area contributed by atoms with E-state index in [1.807, 2.05) is 6.07 Å². The molecule has 1 aromatic heterocycles. The van der Waals surface area contributed by atoms with Gasteiger partial charge in [-0.1, -0.05) is 11.3 Å². The van der Waals surface area contributed by atoms with Crippen molar-refractivity contribution < 1.29 is 28.5 Å². The molecular formula is C27H28N2O7S. The molecule has 0 fully saturated rings. The molecule has 0 radical (unpaired) electrons. The normalized spacial score (nSPS) is 15.1. The molecule has 37 heavy (non-hydrogen) atoms. The minimum absolute atomic E-state index is 0.180. The lowest BCUT2D eigenvalue weighted by Gasteiger charge is -2.26. The molecule has 0 saturated heterocycles. The zero-order valence-electron chi connectivity index (χ0n) is 21.5. The van der Waals surface area contributed by atoms with Crippen molar-refractivity contribution in [1.82, 2.24) is 4.57 Å². The fourth-order valence-corrected chi connectivity index (χ4v) is 5.26. The molecule has 0 aliphatic carbocycles. The van der Waals surface area contributed by atoms with E-state index in [4.69, 9.17) is 23.7 Å². The van der Waals surface area contributed by atoms with Crippen LogP contribution < -0.4 is 33.8 Å². The van der Waals surface area contributed by atoms with Crippen LogP contribution in [0, 0.1) is 0 Å². The van der Waals surface area contributed by atoms with Crippen LogP contribution in [-0.2, 0) is 9.53 Å². The van der Waals surface area contributed by atoms with E-state index in [9.17, 15) is 9.59 Å². The van der Waals surface area contributed by atoms with Crippen LogP contribution in [-0.4, -0.2) is 45.6 Å². The van der Waals surface area contributed by atoms with E-state index in [-0.39, 0.29) is 17.7 Å². The quantitative estimate of drug-likeness (QED) is 0.418. The molecule has 1 atom stereocenters. The van der Waals surface area contributed by atoms with E-state index in [0.29, 0.717) is 49.2 Å². The number of carbonyl (C=O) groups excluding carboxylic acids is 1. The van der Waals surface area contributed by atoms with E-state index in [1.165, 1.54) is 23.0 Å². The number of esters is 1. The van der Waals surface area contributed by atoms with Crippen LogP contribution in [0.3, 0.4) is 0 Å².